The van der Waals surface area contributed by atoms with Crippen molar-refractivity contribution in [3.05, 3.63) is 76.6 Å². The molecular weight excluding hydrogens is 414 g/mol. The maximum absolute atomic E-state index is 12.8. The molecule has 1 aliphatic heterocycles. The number of carboxylic acids is 1. The van der Waals surface area contributed by atoms with E-state index in [4.69, 9.17) is 0 Å². The lowest BCUT2D eigenvalue weighted by molar-refractivity contribution is -0.133. The van der Waals surface area contributed by atoms with E-state index in [1.807, 2.05) is 45.0 Å². The van der Waals surface area contributed by atoms with Gasteiger partial charge < -0.3 is 10.0 Å². The number of benzene rings is 1. The second-order valence-corrected chi connectivity index (χ2v) is 9.58. The summed E-state index contributed by atoms with van der Waals surface area (Å²) in [6, 6.07) is 13.1. The van der Waals surface area contributed by atoms with Crippen LogP contribution in [0.4, 0.5) is 0 Å². The van der Waals surface area contributed by atoms with Crippen molar-refractivity contribution in [2.45, 2.75) is 27.3 Å². The Balaban J connectivity index is 1.71. The lowest BCUT2D eigenvalue weighted by Gasteiger charge is -2.32. The van der Waals surface area contributed by atoms with Crippen molar-refractivity contribution in [2.75, 3.05) is 33.2 Å². The maximum atomic E-state index is 12.8. The van der Waals surface area contributed by atoms with Crippen molar-refractivity contribution >= 4 is 23.9 Å². The number of hydrogen-bond donors (Lipinski definition) is 1. The number of carbonyl (C=O) groups excluding carboxylic acids is 1. The van der Waals surface area contributed by atoms with Gasteiger partial charge in [-0.1, -0.05) is 45.0 Å². The van der Waals surface area contributed by atoms with Crippen molar-refractivity contribution in [3.8, 4) is 0 Å². The third kappa shape index (κ3) is 7.20. The molecule has 33 heavy (non-hydrogen) atoms. The van der Waals surface area contributed by atoms with Crippen LogP contribution < -0.4 is 0 Å². The van der Waals surface area contributed by atoms with Crippen LogP contribution in [0.2, 0.25) is 0 Å². The minimum absolute atomic E-state index is 0.0844. The normalized spacial score (nSPS) is 16.3. The van der Waals surface area contributed by atoms with E-state index in [-0.39, 0.29) is 11.4 Å². The number of carboxylic acid groups (broad SMARTS) is 1. The zero-order valence-corrected chi connectivity index (χ0v) is 19.9. The van der Waals surface area contributed by atoms with E-state index in [1.54, 1.807) is 24.3 Å². The van der Waals surface area contributed by atoms with Gasteiger partial charge in [0, 0.05) is 43.9 Å². The number of carbonyl (C=O) groups is 2. The minimum Gasteiger partial charge on any atom is -0.478 e. The van der Waals surface area contributed by atoms with Crippen molar-refractivity contribution in [2.24, 2.45) is 5.41 Å². The number of pyridine rings is 1. The van der Waals surface area contributed by atoms with Gasteiger partial charge in [-0.3, -0.25) is 9.69 Å². The monoisotopic (exact) mass is 447 g/mol. The van der Waals surface area contributed by atoms with Crippen molar-refractivity contribution in [1.82, 2.24) is 14.8 Å². The van der Waals surface area contributed by atoms with E-state index < -0.39 is 11.4 Å². The average Bonchev–Trinajstić information content (AvgIpc) is 2.77. The molecule has 2 aromatic rings. The average molecular weight is 448 g/mol. The third-order valence-electron chi connectivity index (χ3n) is 5.74. The van der Waals surface area contributed by atoms with E-state index in [0.717, 1.165) is 38.3 Å². The van der Waals surface area contributed by atoms with Gasteiger partial charge in [-0.15, -0.1) is 0 Å². The Labute approximate surface area is 196 Å². The zero-order valence-electron chi connectivity index (χ0n) is 19.9. The minimum atomic E-state index is -0.961. The predicted octanol–water partition coefficient (Wildman–Crippen LogP) is 4.24. The molecule has 1 N–H and O–H groups in total. The first-order chi connectivity index (χ1) is 15.6. The molecule has 0 radical (unpaired) electrons. The molecule has 0 amide bonds. The molecule has 6 nitrogen and oxygen atoms in total. The summed E-state index contributed by atoms with van der Waals surface area (Å²) in [4.78, 5) is 33.6. The molecule has 1 aliphatic rings. The fourth-order valence-corrected chi connectivity index (χ4v) is 3.73. The van der Waals surface area contributed by atoms with Crippen molar-refractivity contribution < 1.29 is 14.7 Å². The molecule has 0 aliphatic carbocycles. The number of hydrogen-bond acceptors (Lipinski definition) is 5. The van der Waals surface area contributed by atoms with E-state index in [2.05, 4.69) is 27.9 Å². The molecule has 1 aromatic carbocycles. The van der Waals surface area contributed by atoms with Gasteiger partial charge >= 0.3 is 5.97 Å². The summed E-state index contributed by atoms with van der Waals surface area (Å²) in [5.41, 5.74) is 2.70. The summed E-state index contributed by atoms with van der Waals surface area (Å²) in [5.74, 6) is -1.05. The van der Waals surface area contributed by atoms with E-state index in [0.29, 0.717) is 17.0 Å². The Morgan fingerprint density at radius 2 is 1.70 bits per heavy atom. The molecule has 6 heteroatoms. The molecule has 0 unspecified atom stereocenters. The highest BCUT2D eigenvalue weighted by atomic mass is 16.4. The first kappa shape index (κ1) is 24.6. The second kappa shape index (κ2) is 10.7. The van der Waals surface area contributed by atoms with E-state index in [1.165, 1.54) is 6.08 Å². The van der Waals surface area contributed by atoms with Gasteiger partial charge in [0.15, 0.2) is 5.78 Å². The summed E-state index contributed by atoms with van der Waals surface area (Å²) in [5, 5.41) is 9.52. The number of aromatic nitrogens is 1. The van der Waals surface area contributed by atoms with Gasteiger partial charge in [-0.25, -0.2) is 9.78 Å². The lowest BCUT2D eigenvalue weighted by atomic mass is 9.86. The maximum Gasteiger partial charge on any atom is 0.332 e. The number of ketones is 1. The molecule has 0 spiro atoms. The Bertz CT molecular complexity index is 1060. The van der Waals surface area contributed by atoms with Gasteiger partial charge in [0.2, 0.25) is 0 Å². The smallest absolute Gasteiger partial charge is 0.332 e. The number of allylic oxidation sites excluding steroid dienone is 1. The first-order valence-corrected chi connectivity index (χ1v) is 11.3. The summed E-state index contributed by atoms with van der Waals surface area (Å²) >= 11 is 0. The molecule has 1 aromatic heterocycles. The quantitative estimate of drug-likeness (QED) is 0.506. The molecule has 0 bridgehead atoms. The Kier molecular flexibility index (Phi) is 7.95. The molecular formula is C27H33N3O3. The number of aliphatic carboxylic acids is 1. The fraction of sp³-hybridized carbons (Fsp3) is 0.370. The summed E-state index contributed by atoms with van der Waals surface area (Å²) in [6.45, 7) is 10.6. The molecule has 1 fully saturated rings. The Morgan fingerprint density at radius 1 is 1.03 bits per heavy atom. The van der Waals surface area contributed by atoms with Crippen LogP contribution >= 0.6 is 0 Å². The van der Waals surface area contributed by atoms with Gasteiger partial charge in [0.05, 0.1) is 11.4 Å². The highest BCUT2D eigenvalue weighted by Gasteiger charge is 2.23. The number of likely N-dealkylation sites (N-methyl/N-ethyl adjacent to an activating group) is 1. The van der Waals surface area contributed by atoms with E-state index in [9.17, 15) is 14.7 Å². The van der Waals surface area contributed by atoms with Crippen molar-refractivity contribution in [1.29, 1.82) is 0 Å². The number of nitrogens with zero attached hydrogens (tertiary/aromatic N) is 3. The van der Waals surface area contributed by atoms with Crippen LogP contribution in [-0.2, 0) is 11.3 Å². The van der Waals surface area contributed by atoms with Gasteiger partial charge in [0.1, 0.15) is 0 Å². The molecule has 1 saturated heterocycles. The highest BCUT2D eigenvalue weighted by molar-refractivity contribution is 6.06. The van der Waals surface area contributed by atoms with Crippen LogP contribution in [0, 0.1) is 5.41 Å². The van der Waals surface area contributed by atoms with Crippen LogP contribution in [0.25, 0.3) is 12.2 Å². The second-order valence-electron chi connectivity index (χ2n) is 9.58. The molecule has 3 rings (SSSR count). The SMILES string of the molecule is CN1CCN(Cc2cccc(C(=O)C=Cc3cccc(C=C(C(=O)O)C(C)(C)C)n3)c2)CC1. The Morgan fingerprint density at radius 3 is 2.36 bits per heavy atom. The molecule has 0 atom stereocenters. The molecule has 174 valence electrons. The standard InChI is InChI=1S/C27H33N3O3/c1-27(2,3)24(26(32)33)18-23-10-6-9-22(28-23)11-12-25(31)21-8-5-7-20(17-21)19-30-15-13-29(4)14-16-30/h5-12,17-18H,13-16,19H2,1-4H3,(H,32,33). The molecule has 2 heterocycles. The van der Waals surface area contributed by atoms with Crippen molar-refractivity contribution in [3.63, 3.8) is 0 Å². The van der Waals surface area contributed by atoms with Crippen LogP contribution in [-0.4, -0.2) is 64.9 Å². The number of rotatable bonds is 7. The van der Waals surface area contributed by atoms with Crippen LogP contribution in [0.3, 0.4) is 0 Å². The third-order valence-corrected chi connectivity index (χ3v) is 5.74. The topological polar surface area (TPSA) is 73.7 Å². The predicted molar refractivity (Wildman–Crippen MR) is 132 cm³/mol. The van der Waals surface area contributed by atoms with Gasteiger partial charge in [0.25, 0.3) is 0 Å². The summed E-state index contributed by atoms with van der Waals surface area (Å²) in [6.07, 6.45) is 4.78. The Hall–Kier alpha value is -3.09. The lowest BCUT2D eigenvalue weighted by Crippen LogP contribution is -2.43. The summed E-state index contributed by atoms with van der Waals surface area (Å²) in [7, 11) is 2.14. The van der Waals surface area contributed by atoms with Gasteiger partial charge in [-0.2, -0.15) is 0 Å². The number of piperazine rings is 1. The largest absolute Gasteiger partial charge is 0.478 e. The van der Waals surface area contributed by atoms with Gasteiger partial charge in [-0.05, 0) is 54.5 Å². The van der Waals surface area contributed by atoms with Crippen LogP contribution in [0.15, 0.2) is 54.1 Å². The van der Waals surface area contributed by atoms with E-state index >= 15 is 0 Å². The first-order valence-electron chi connectivity index (χ1n) is 11.3. The van der Waals surface area contributed by atoms with Crippen LogP contribution in [0.1, 0.15) is 48.1 Å². The highest BCUT2D eigenvalue weighted by Crippen LogP contribution is 2.27. The summed E-state index contributed by atoms with van der Waals surface area (Å²) < 4.78 is 0. The fourth-order valence-electron chi connectivity index (χ4n) is 3.73. The zero-order chi connectivity index (χ0) is 24.0. The van der Waals surface area contributed by atoms with Crippen LogP contribution in [0.5, 0.6) is 0 Å². The molecule has 0 saturated carbocycles.